The lowest BCUT2D eigenvalue weighted by atomic mass is 10.1. The first kappa shape index (κ1) is 16.8. The monoisotopic (exact) mass is 319 g/mol. The molecule has 2 rings (SSSR count). The van der Waals surface area contributed by atoms with Crippen molar-refractivity contribution in [1.82, 2.24) is 4.57 Å². The smallest absolute Gasteiger partial charge is 0.192 e. The van der Waals surface area contributed by atoms with Crippen molar-refractivity contribution in [1.29, 1.82) is 0 Å². The number of phenolic OH excluding ortho intramolecular Hbond substituents is 1. The molecule has 22 heavy (non-hydrogen) atoms. The molecule has 0 aliphatic heterocycles. The Bertz CT molecular complexity index is 711. The number of hydrogen-bond donors (Lipinski definition) is 1. The molecule has 0 saturated carbocycles. The molecular formula is C17H25NO3Si. The molecule has 1 aromatic heterocycles. The number of hydrogen-bond acceptors (Lipinski definition) is 3. The molecule has 0 aliphatic rings. The Morgan fingerprint density at radius 1 is 1.27 bits per heavy atom. The molecule has 1 heterocycles. The summed E-state index contributed by atoms with van der Waals surface area (Å²) in [6.07, 6.45) is 0.674. The van der Waals surface area contributed by atoms with Crippen molar-refractivity contribution >= 4 is 25.5 Å². The summed E-state index contributed by atoms with van der Waals surface area (Å²) >= 11 is 0. The second-order valence-electron chi connectivity index (χ2n) is 7.33. The largest absolute Gasteiger partial charge is 0.507 e. The number of aryl methyl sites for hydroxylation is 1. The maximum Gasteiger partial charge on any atom is 0.192 e. The Balaban J connectivity index is 2.33. The second kappa shape index (κ2) is 5.55. The van der Waals surface area contributed by atoms with Gasteiger partial charge >= 0.3 is 0 Å². The number of aldehydes is 1. The molecule has 120 valence electrons. The summed E-state index contributed by atoms with van der Waals surface area (Å²) < 4.78 is 8.27. The molecule has 0 bridgehead atoms. The summed E-state index contributed by atoms with van der Waals surface area (Å²) in [6, 6.07) is 5.37. The topological polar surface area (TPSA) is 51.5 Å². The van der Waals surface area contributed by atoms with Crippen LogP contribution in [0.3, 0.4) is 0 Å². The summed E-state index contributed by atoms with van der Waals surface area (Å²) in [5.74, 6) is 0.0144. The van der Waals surface area contributed by atoms with E-state index in [1.165, 1.54) is 0 Å². The molecule has 0 radical (unpaired) electrons. The number of aromatic hydroxyl groups is 1. The van der Waals surface area contributed by atoms with Gasteiger partial charge in [-0.3, -0.25) is 4.79 Å². The summed E-state index contributed by atoms with van der Waals surface area (Å²) in [4.78, 5) is 10.9. The molecule has 0 aliphatic carbocycles. The molecule has 0 saturated heterocycles. The van der Waals surface area contributed by atoms with Gasteiger partial charge in [-0.1, -0.05) is 20.8 Å². The zero-order chi connectivity index (χ0) is 16.7. The Labute approximate surface area is 132 Å². The van der Waals surface area contributed by atoms with Gasteiger partial charge in [-0.2, -0.15) is 0 Å². The van der Waals surface area contributed by atoms with Crippen LogP contribution in [0.5, 0.6) is 5.75 Å². The van der Waals surface area contributed by atoms with Crippen LogP contribution in [-0.4, -0.2) is 24.3 Å². The fourth-order valence-electron chi connectivity index (χ4n) is 2.15. The van der Waals surface area contributed by atoms with Crippen LogP contribution in [0.4, 0.5) is 0 Å². The molecule has 1 aromatic carbocycles. The molecule has 0 spiro atoms. The number of carbonyl (C=O) groups excluding carboxylic acids is 1. The molecular weight excluding hydrogens is 294 g/mol. The minimum atomic E-state index is -1.81. The van der Waals surface area contributed by atoms with Crippen LogP contribution in [0, 0.1) is 0 Å². The number of aromatic nitrogens is 1. The van der Waals surface area contributed by atoms with Crippen molar-refractivity contribution in [2.75, 3.05) is 0 Å². The third kappa shape index (κ3) is 2.96. The van der Waals surface area contributed by atoms with E-state index in [1.807, 2.05) is 17.7 Å². The average molecular weight is 319 g/mol. The summed E-state index contributed by atoms with van der Waals surface area (Å²) in [7, 11) is 0.144. The van der Waals surface area contributed by atoms with Crippen LogP contribution in [-0.2, 0) is 18.1 Å². The molecule has 4 nitrogen and oxygen atoms in total. The van der Waals surface area contributed by atoms with E-state index in [0.29, 0.717) is 18.5 Å². The van der Waals surface area contributed by atoms with E-state index >= 15 is 0 Å². The minimum Gasteiger partial charge on any atom is -0.507 e. The van der Waals surface area contributed by atoms with Crippen molar-refractivity contribution in [2.45, 2.75) is 45.5 Å². The van der Waals surface area contributed by atoms with E-state index in [1.54, 1.807) is 12.1 Å². The maximum atomic E-state index is 10.9. The van der Waals surface area contributed by atoms with Gasteiger partial charge in [0.05, 0.1) is 17.7 Å². The summed E-state index contributed by atoms with van der Waals surface area (Å²) in [5.41, 5.74) is 2.26. The Kier molecular flexibility index (Phi) is 4.23. The highest BCUT2D eigenvalue weighted by Crippen LogP contribution is 2.37. The number of phenols is 1. The normalized spacial score (nSPS) is 12.8. The van der Waals surface area contributed by atoms with Gasteiger partial charge in [0.15, 0.2) is 14.6 Å². The average Bonchev–Trinajstić information content (AvgIpc) is 2.71. The highest BCUT2D eigenvalue weighted by molar-refractivity contribution is 6.74. The Hall–Kier alpha value is -1.59. The molecule has 0 amide bonds. The summed E-state index contributed by atoms with van der Waals surface area (Å²) in [5, 5.41) is 10.9. The van der Waals surface area contributed by atoms with Gasteiger partial charge in [0.25, 0.3) is 0 Å². The first-order valence-electron chi connectivity index (χ1n) is 7.47. The van der Waals surface area contributed by atoms with Crippen molar-refractivity contribution in [3.05, 3.63) is 29.5 Å². The van der Waals surface area contributed by atoms with Crippen molar-refractivity contribution in [2.24, 2.45) is 7.05 Å². The van der Waals surface area contributed by atoms with E-state index in [-0.39, 0.29) is 10.8 Å². The first-order chi connectivity index (χ1) is 10.1. The molecule has 0 fully saturated rings. The van der Waals surface area contributed by atoms with Crippen molar-refractivity contribution < 1.29 is 14.3 Å². The molecule has 5 heteroatoms. The van der Waals surface area contributed by atoms with Crippen LogP contribution < -0.4 is 0 Å². The van der Waals surface area contributed by atoms with Gasteiger partial charge < -0.3 is 14.1 Å². The highest BCUT2D eigenvalue weighted by Gasteiger charge is 2.37. The van der Waals surface area contributed by atoms with Crippen molar-refractivity contribution in [3.63, 3.8) is 0 Å². The molecule has 0 unspecified atom stereocenters. The lowest BCUT2D eigenvalue weighted by Gasteiger charge is -2.36. The van der Waals surface area contributed by atoms with Gasteiger partial charge in [0.2, 0.25) is 0 Å². The third-order valence-corrected chi connectivity index (χ3v) is 9.28. The van der Waals surface area contributed by atoms with Gasteiger partial charge in [-0.25, -0.2) is 0 Å². The van der Waals surface area contributed by atoms with Gasteiger partial charge in [0, 0.05) is 24.2 Å². The molecule has 0 atom stereocenters. The van der Waals surface area contributed by atoms with E-state index in [0.717, 1.165) is 16.6 Å². The number of nitrogens with zero attached hydrogens (tertiary/aromatic N) is 1. The maximum absolute atomic E-state index is 10.9. The third-order valence-electron chi connectivity index (χ3n) is 4.80. The lowest BCUT2D eigenvalue weighted by Crippen LogP contribution is -2.40. The Morgan fingerprint density at radius 3 is 2.45 bits per heavy atom. The fraction of sp³-hybridized carbons (Fsp3) is 0.471. The molecule has 1 N–H and O–H groups in total. The number of rotatable bonds is 4. The van der Waals surface area contributed by atoms with Crippen LogP contribution in [0.15, 0.2) is 18.2 Å². The van der Waals surface area contributed by atoms with Crippen LogP contribution in [0.25, 0.3) is 10.9 Å². The van der Waals surface area contributed by atoms with Crippen molar-refractivity contribution in [3.8, 4) is 5.75 Å². The fourth-order valence-corrected chi connectivity index (χ4v) is 3.09. The highest BCUT2D eigenvalue weighted by atomic mass is 28.4. The zero-order valence-corrected chi connectivity index (χ0v) is 15.2. The Morgan fingerprint density at radius 2 is 1.91 bits per heavy atom. The standard InChI is InChI=1S/C17H25NO3Si/c1-17(2,3)22(5,6)21-11-14-8-12-7-13(10-19)16(20)9-15(12)18(14)4/h7-10,20H,11H2,1-6H3. The van der Waals surface area contributed by atoms with Gasteiger partial charge in [-0.05, 0) is 30.3 Å². The van der Waals surface area contributed by atoms with Crippen LogP contribution >= 0.6 is 0 Å². The van der Waals surface area contributed by atoms with E-state index in [4.69, 9.17) is 4.43 Å². The zero-order valence-electron chi connectivity index (χ0n) is 14.2. The molecule has 2 aromatic rings. The van der Waals surface area contributed by atoms with Crippen LogP contribution in [0.2, 0.25) is 18.1 Å². The second-order valence-corrected chi connectivity index (χ2v) is 12.1. The van der Waals surface area contributed by atoms with E-state index in [9.17, 15) is 9.90 Å². The SMILES string of the molecule is Cn1c(CO[Si](C)(C)C(C)(C)C)cc2cc(C=O)c(O)cc21. The summed E-state index contributed by atoms with van der Waals surface area (Å²) in [6.45, 7) is 11.6. The number of fused-ring (bicyclic) bond motifs is 1. The number of benzene rings is 1. The first-order valence-corrected chi connectivity index (χ1v) is 10.4. The van der Waals surface area contributed by atoms with Gasteiger partial charge in [0.1, 0.15) is 5.75 Å². The predicted octanol–water partition coefficient (Wildman–Crippen LogP) is 4.22. The predicted molar refractivity (Wildman–Crippen MR) is 92.0 cm³/mol. The number of carbonyl (C=O) groups is 1. The minimum absolute atomic E-state index is 0.0144. The van der Waals surface area contributed by atoms with E-state index < -0.39 is 8.32 Å². The van der Waals surface area contributed by atoms with E-state index in [2.05, 4.69) is 33.9 Å². The lowest BCUT2D eigenvalue weighted by molar-refractivity contribution is 0.112. The van der Waals surface area contributed by atoms with Gasteiger partial charge in [-0.15, -0.1) is 0 Å². The van der Waals surface area contributed by atoms with Crippen LogP contribution in [0.1, 0.15) is 36.8 Å². The quantitative estimate of drug-likeness (QED) is 0.678.